The van der Waals surface area contributed by atoms with Crippen molar-refractivity contribution in [2.75, 3.05) is 5.32 Å². The maximum Gasteiger partial charge on any atom is 0.267 e. The Morgan fingerprint density at radius 2 is 2.32 bits per heavy atom. The number of nitrogens with zero attached hydrogens (tertiary/aromatic N) is 2. The van der Waals surface area contributed by atoms with Crippen LogP contribution in [-0.4, -0.2) is 21.9 Å². The molecule has 0 spiro atoms. The summed E-state index contributed by atoms with van der Waals surface area (Å²) >= 11 is 1.32. The van der Waals surface area contributed by atoms with E-state index in [0.29, 0.717) is 16.1 Å². The second kappa shape index (κ2) is 5.49. The summed E-state index contributed by atoms with van der Waals surface area (Å²) in [6, 6.07) is 6.74. The van der Waals surface area contributed by atoms with Crippen molar-refractivity contribution in [3.05, 3.63) is 45.9 Å². The first kappa shape index (κ1) is 13.0. The fraction of sp³-hybridized carbons (Fsp3) is 0.0833. The van der Waals surface area contributed by atoms with Gasteiger partial charge in [0.15, 0.2) is 5.84 Å². The van der Waals surface area contributed by atoms with Crippen LogP contribution in [0.5, 0.6) is 0 Å². The summed E-state index contributed by atoms with van der Waals surface area (Å²) in [4.78, 5) is 16.5. The minimum atomic E-state index is -0.234. The number of aryl methyl sites for hydroxylation is 1. The summed E-state index contributed by atoms with van der Waals surface area (Å²) < 4.78 is 0. The lowest BCUT2D eigenvalue weighted by molar-refractivity contribution is 0.103. The predicted octanol–water partition coefficient (Wildman–Crippen LogP) is 1.80. The van der Waals surface area contributed by atoms with Crippen molar-refractivity contribution in [1.82, 2.24) is 4.98 Å². The zero-order valence-electron chi connectivity index (χ0n) is 10.1. The number of rotatable bonds is 3. The van der Waals surface area contributed by atoms with Crippen LogP contribution in [0.3, 0.4) is 0 Å². The van der Waals surface area contributed by atoms with Crippen LogP contribution >= 0.6 is 11.3 Å². The number of thiazole rings is 1. The van der Waals surface area contributed by atoms with Crippen molar-refractivity contribution in [1.29, 1.82) is 0 Å². The smallest absolute Gasteiger partial charge is 0.267 e. The maximum absolute atomic E-state index is 11.9. The molecule has 0 aliphatic heterocycles. The number of nitrogens with two attached hydrogens (primary N) is 1. The second-order valence-electron chi connectivity index (χ2n) is 3.76. The summed E-state index contributed by atoms with van der Waals surface area (Å²) in [6.07, 6.45) is 1.53. The van der Waals surface area contributed by atoms with E-state index in [1.54, 1.807) is 24.3 Å². The molecule has 1 aromatic heterocycles. The Morgan fingerprint density at radius 1 is 1.53 bits per heavy atom. The van der Waals surface area contributed by atoms with Gasteiger partial charge in [0.1, 0.15) is 4.88 Å². The van der Waals surface area contributed by atoms with Gasteiger partial charge in [-0.15, -0.1) is 11.3 Å². The highest BCUT2D eigenvalue weighted by Crippen LogP contribution is 2.15. The quantitative estimate of drug-likeness (QED) is 0.344. The van der Waals surface area contributed by atoms with Crippen molar-refractivity contribution < 1.29 is 10.0 Å². The lowest BCUT2D eigenvalue weighted by Crippen LogP contribution is -2.14. The summed E-state index contributed by atoms with van der Waals surface area (Å²) in [5, 5.41) is 15.1. The fourth-order valence-electron chi connectivity index (χ4n) is 1.47. The molecular weight excluding hydrogens is 264 g/mol. The van der Waals surface area contributed by atoms with Crippen LogP contribution in [0.1, 0.15) is 20.2 Å². The Balaban J connectivity index is 2.17. The van der Waals surface area contributed by atoms with Crippen LogP contribution < -0.4 is 11.1 Å². The average molecular weight is 276 g/mol. The van der Waals surface area contributed by atoms with Crippen molar-refractivity contribution in [2.24, 2.45) is 10.9 Å². The molecule has 98 valence electrons. The van der Waals surface area contributed by atoms with E-state index in [1.807, 2.05) is 6.92 Å². The topological polar surface area (TPSA) is 101 Å². The molecule has 0 saturated heterocycles. The summed E-state index contributed by atoms with van der Waals surface area (Å²) in [7, 11) is 0. The maximum atomic E-state index is 11.9. The van der Waals surface area contributed by atoms with Crippen LogP contribution in [0.25, 0.3) is 0 Å². The number of hydrogen-bond acceptors (Lipinski definition) is 5. The molecule has 2 rings (SSSR count). The molecule has 0 saturated carbocycles. The number of hydrogen-bond donors (Lipinski definition) is 3. The molecule has 6 nitrogen and oxygen atoms in total. The van der Waals surface area contributed by atoms with Crippen LogP contribution in [0.15, 0.2) is 35.6 Å². The first-order chi connectivity index (χ1) is 9.10. The van der Waals surface area contributed by atoms with Crippen LogP contribution in [-0.2, 0) is 0 Å². The highest BCUT2D eigenvalue weighted by Gasteiger charge is 2.10. The Kier molecular flexibility index (Phi) is 3.76. The van der Waals surface area contributed by atoms with E-state index in [2.05, 4.69) is 15.5 Å². The largest absolute Gasteiger partial charge is 0.409 e. The zero-order chi connectivity index (χ0) is 13.8. The van der Waals surface area contributed by atoms with Crippen molar-refractivity contribution in [3.63, 3.8) is 0 Å². The van der Waals surface area contributed by atoms with E-state index in [9.17, 15) is 4.79 Å². The zero-order valence-corrected chi connectivity index (χ0v) is 10.9. The molecule has 7 heteroatoms. The molecule has 1 amide bonds. The highest BCUT2D eigenvalue weighted by molar-refractivity contribution is 7.13. The minimum Gasteiger partial charge on any atom is -0.409 e. The second-order valence-corrected chi connectivity index (χ2v) is 5.00. The number of benzene rings is 1. The molecule has 0 radical (unpaired) electrons. The molecule has 0 fully saturated rings. The lowest BCUT2D eigenvalue weighted by atomic mass is 10.2. The van der Waals surface area contributed by atoms with E-state index >= 15 is 0 Å². The number of oxime groups is 1. The molecule has 0 aliphatic rings. The van der Waals surface area contributed by atoms with Crippen molar-refractivity contribution >= 4 is 28.8 Å². The van der Waals surface area contributed by atoms with E-state index in [1.165, 1.54) is 17.5 Å². The van der Waals surface area contributed by atoms with Gasteiger partial charge in [-0.25, -0.2) is 4.98 Å². The van der Waals surface area contributed by atoms with E-state index in [0.717, 1.165) is 5.01 Å². The molecule has 1 heterocycles. The third kappa shape index (κ3) is 3.08. The molecule has 4 N–H and O–H groups in total. The number of amides is 1. The van der Waals surface area contributed by atoms with Crippen molar-refractivity contribution in [3.8, 4) is 0 Å². The van der Waals surface area contributed by atoms with Gasteiger partial charge in [0.25, 0.3) is 5.91 Å². The van der Waals surface area contributed by atoms with E-state index in [4.69, 9.17) is 10.9 Å². The number of carbonyl (C=O) groups is 1. The van der Waals surface area contributed by atoms with Gasteiger partial charge in [-0.1, -0.05) is 17.3 Å². The molecule has 2 aromatic rings. The number of carbonyl (C=O) groups excluding carboxylic acids is 1. The Labute approximate surface area is 113 Å². The molecule has 0 unspecified atom stereocenters. The lowest BCUT2D eigenvalue weighted by Gasteiger charge is -2.05. The standard InChI is InChI=1S/C12H12N4O2S/c1-7-14-6-10(19-7)12(17)15-9-4-2-3-8(5-9)11(13)16-18/h2-6,18H,1H3,(H2,13,16)(H,15,17). The Morgan fingerprint density at radius 3 is 2.95 bits per heavy atom. The van der Waals surface area contributed by atoms with E-state index in [-0.39, 0.29) is 11.7 Å². The average Bonchev–Trinajstić information content (AvgIpc) is 2.85. The highest BCUT2D eigenvalue weighted by atomic mass is 32.1. The Hall–Kier alpha value is -2.41. The number of aromatic nitrogens is 1. The third-order valence-corrected chi connectivity index (χ3v) is 3.28. The third-order valence-electron chi connectivity index (χ3n) is 2.37. The first-order valence-corrected chi connectivity index (χ1v) is 6.23. The summed E-state index contributed by atoms with van der Waals surface area (Å²) in [5.74, 6) is -0.244. The van der Waals surface area contributed by atoms with Gasteiger partial charge in [0.05, 0.1) is 11.2 Å². The van der Waals surface area contributed by atoms with Gasteiger partial charge in [-0.3, -0.25) is 4.79 Å². The minimum absolute atomic E-state index is 0.00951. The van der Waals surface area contributed by atoms with Gasteiger partial charge in [-0.05, 0) is 19.1 Å². The predicted molar refractivity (Wildman–Crippen MR) is 73.8 cm³/mol. The molecular formula is C12H12N4O2S. The number of amidine groups is 1. The molecule has 0 atom stereocenters. The molecule has 0 aliphatic carbocycles. The van der Waals surface area contributed by atoms with Crippen molar-refractivity contribution in [2.45, 2.75) is 6.92 Å². The SMILES string of the molecule is Cc1ncc(C(=O)Nc2cccc(/C(N)=N/O)c2)s1. The fourth-order valence-corrected chi connectivity index (χ4v) is 2.15. The van der Waals surface area contributed by atoms with Gasteiger partial charge in [0, 0.05) is 11.3 Å². The summed E-state index contributed by atoms with van der Waals surface area (Å²) in [5.41, 5.74) is 6.59. The molecule has 1 aromatic carbocycles. The summed E-state index contributed by atoms with van der Waals surface area (Å²) in [6.45, 7) is 1.83. The van der Waals surface area contributed by atoms with Crippen LogP contribution in [0.2, 0.25) is 0 Å². The van der Waals surface area contributed by atoms with Crippen LogP contribution in [0, 0.1) is 6.92 Å². The number of anilines is 1. The normalized spacial score (nSPS) is 11.3. The van der Waals surface area contributed by atoms with Gasteiger partial charge >= 0.3 is 0 Å². The first-order valence-electron chi connectivity index (χ1n) is 5.42. The van der Waals surface area contributed by atoms with Gasteiger partial charge in [-0.2, -0.15) is 0 Å². The Bertz CT molecular complexity index is 636. The van der Waals surface area contributed by atoms with Gasteiger partial charge < -0.3 is 16.3 Å². The van der Waals surface area contributed by atoms with Crippen LogP contribution in [0.4, 0.5) is 5.69 Å². The van der Waals surface area contributed by atoms with E-state index < -0.39 is 0 Å². The molecule has 0 bridgehead atoms. The van der Waals surface area contributed by atoms with Gasteiger partial charge in [0.2, 0.25) is 0 Å². The monoisotopic (exact) mass is 276 g/mol. The molecule has 19 heavy (non-hydrogen) atoms. The number of nitrogens with one attached hydrogen (secondary N) is 1.